The van der Waals surface area contributed by atoms with Crippen LogP contribution in [0, 0.1) is 0 Å². The fourth-order valence-corrected chi connectivity index (χ4v) is 4.07. The molecule has 0 aromatic carbocycles. The number of hydrogen-bond acceptors (Lipinski definition) is 4. The molecule has 0 spiro atoms. The molecule has 0 aliphatic carbocycles. The average Bonchev–Trinajstić information content (AvgIpc) is 2.35. The van der Waals surface area contributed by atoms with E-state index in [-0.39, 0.29) is 0 Å². The molecule has 0 saturated carbocycles. The summed E-state index contributed by atoms with van der Waals surface area (Å²) in [6, 6.07) is 0.619. The molecule has 1 aliphatic rings. The summed E-state index contributed by atoms with van der Waals surface area (Å²) in [5, 5.41) is 0.835. The molecule has 2 unspecified atom stereocenters. The zero-order valence-electron chi connectivity index (χ0n) is 10.7. The monoisotopic (exact) mass is 262 g/mol. The third-order valence-corrected chi connectivity index (χ3v) is 5.52. The highest BCUT2D eigenvalue weighted by Gasteiger charge is 2.24. The Kier molecular flexibility index (Phi) is 7.96. The van der Waals surface area contributed by atoms with E-state index in [9.17, 15) is 0 Å². The standard InChI is InChI=1S/C12H26N2S2/c1-3-12-10-14(6-8-16-12)11(9-13)5-7-15-4-2/h11-12H,3-10,13H2,1-2H3. The summed E-state index contributed by atoms with van der Waals surface area (Å²) in [5.74, 6) is 3.78. The third kappa shape index (κ3) is 4.86. The van der Waals surface area contributed by atoms with Gasteiger partial charge in [0.05, 0.1) is 0 Å². The first-order valence-corrected chi connectivity index (χ1v) is 8.65. The predicted octanol–water partition coefficient (Wildman–Crippen LogP) is 2.28. The first-order valence-electron chi connectivity index (χ1n) is 6.45. The molecule has 0 bridgehead atoms. The van der Waals surface area contributed by atoms with Crippen molar-refractivity contribution in [2.45, 2.75) is 38.0 Å². The summed E-state index contributed by atoms with van der Waals surface area (Å²) >= 11 is 4.17. The number of rotatable bonds is 7. The van der Waals surface area contributed by atoms with Crippen molar-refractivity contribution in [1.29, 1.82) is 0 Å². The molecular weight excluding hydrogens is 236 g/mol. The Balaban J connectivity index is 2.32. The molecule has 2 N–H and O–H groups in total. The Morgan fingerprint density at radius 2 is 2.31 bits per heavy atom. The van der Waals surface area contributed by atoms with Gasteiger partial charge in [0.1, 0.15) is 0 Å². The zero-order valence-corrected chi connectivity index (χ0v) is 12.3. The minimum atomic E-state index is 0.619. The van der Waals surface area contributed by atoms with Gasteiger partial charge in [-0.15, -0.1) is 0 Å². The Morgan fingerprint density at radius 1 is 1.50 bits per heavy atom. The van der Waals surface area contributed by atoms with Crippen LogP contribution in [-0.2, 0) is 0 Å². The number of nitrogens with zero attached hydrogens (tertiary/aromatic N) is 1. The van der Waals surface area contributed by atoms with Crippen LogP contribution in [0.1, 0.15) is 26.7 Å². The Hall–Kier alpha value is 0.620. The highest BCUT2D eigenvalue weighted by Crippen LogP contribution is 2.23. The second-order valence-electron chi connectivity index (χ2n) is 4.27. The Morgan fingerprint density at radius 3 is 2.94 bits per heavy atom. The topological polar surface area (TPSA) is 29.3 Å². The van der Waals surface area contributed by atoms with Crippen molar-refractivity contribution in [3.63, 3.8) is 0 Å². The van der Waals surface area contributed by atoms with E-state index in [0.717, 1.165) is 11.8 Å². The molecule has 0 aromatic heterocycles. The minimum Gasteiger partial charge on any atom is -0.329 e. The molecule has 1 heterocycles. The average molecular weight is 262 g/mol. The van der Waals surface area contributed by atoms with Crippen LogP contribution in [0.15, 0.2) is 0 Å². The van der Waals surface area contributed by atoms with E-state index in [0.29, 0.717) is 6.04 Å². The molecule has 0 aromatic rings. The first-order chi connectivity index (χ1) is 7.81. The maximum atomic E-state index is 5.92. The van der Waals surface area contributed by atoms with E-state index >= 15 is 0 Å². The maximum Gasteiger partial charge on any atom is 0.0227 e. The van der Waals surface area contributed by atoms with Gasteiger partial charge in [0.25, 0.3) is 0 Å². The summed E-state index contributed by atoms with van der Waals surface area (Å²) < 4.78 is 0. The lowest BCUT2D eigenvalue weighted by Gasteiger charge is -2.37. The molecule has 16 heavy (non-hydrogen) atoms. The number of nitrogens with two attached hydrogens (primary N) is 1. The van der Waals surface area contributed by atoms with Crippen LogP contribution in [0.3, 0.4) is 0 Å². The van der Waals surface area contributed by atoms with Crippen molar-refractivity contribution in [3.8, 4) is 0 Å². The van der Waals surface area contributed by atoms with Gasteiger partial charge >= 0.3 is 0 Å². The fourth-order valence-electron chi connectivity index (χ4n) is 2.13. The summed E-state index contributed by atoms with van der Waals surface area (Å²) in [6.07, 6.45) is 2.55. The van der Waals surface area contributed by atoms with Crippen molar-refractivity contribution < 1.29 is 0 Å². The quantitative estimate of drug-likeness (QED) is 0.713. The highest BCUT2D eigenvalue weighted by molar-refractivity contribution is 8.00. The normalized spacial score (nSPS) is 24.6. The van der Waals surface area contributed by atoms with Gasteiger partial charge in [0, 0.05) is 36.7 Å². The van der Waals surface area contributed by atoms with Gasteiger partial charge in [0.15, 0.2) is 0 Å². The second-order valence-corrected chi connectivity index (χ2v) is 7.07. The predicted molar refractivity (Wildman–Crippen MR) is 78.6 cm³/mol. The van der Waals surface area contributed by atoms with Gasteiger partial charge in [-0.3, -0.25) is 4.90 Å². The van der Waals surface area contributed by atoms with E-state index < -0.39 is 0 Å². The molecule has 96 valence electrons. The lowest BCUT2D eigenvalue weighted by atomic mass is 10.1. The largest absolute Gasteiger partial charge is 0.329 e. The second kappa shape index (κ2) is 8.67. The van der Waals surface area contributed by atoms with Crippen LogP contribution < -0.4 is 5.73 Å². The molecule has 0 radical (unpaired) electrons. The van der Waals surface area contributed by atoms with E-state index in [1.165, 1.54) is 43.2 Å². The van der Waals surface area contributed by atoms with Crippen molar-refractivity contribution in [1.82, 2.24) is 4.90 Å². The highest BCUT2D eigenvalue weighted by atomic mass is 32.2. The van der Waals surface area contributed by atoms with Gasteiger partial charge < -0.3 is 5.73 Å². The van der Waals surface area contributed by atoms with E-state index in [1.54, 1.807) is 0 Å². The van der Waals surface area contributed by atoms with Gasteiger partial charge in [-0.05, 0) is 24.3 Å². The van der Waals surface area contributed by atoms with Crippen molar-refractivity contribution >= 4 is 23.5 Å². The lowest BCUT2D eigenvalue weighted by Crippen LogP contribution is -2.47. The molecule has 1 saturated heterocycles. The fraction of sp³-hybridized carbons (Fsp3) is 1.00. The maximum absolute atomic E-state index is 5.92. The van der Waals surface area contributed by atoms with Crippen LogP contribution in [0.25, 0.3) is 0 Å². The SMILES string of the molecule is CCSCCC(CN)N1CCSC(CC)C1. The van der Waals surface area contributed by atoms with Crippen LogP contribution in [0.2, 0.25) is 0 Å². The summed E-state index contributed by atoms with van der Waals surface area (Å²) in [5.41, 5.74) is 5.92. The molecule has 4 heteroatoms. The molecule has 1 aliphatic heterocycles. The lowest BCUT2D eigenvalue weighted by molar-refractivity contribution is 0.202. The zero-order chi connectivity index (χ0) is 11.8. The van der Waals surface area contributed by atoms with Crippen molar-refractivity contribution in [2.24, 2.45) is 5.73 Å². The van der Waals surface area contributed by atoms with Gasteiger partial charge in [-0.1, -0.05) is 13.8 Å². The van der Waals surface area contributed by atoms with Gasteiger partial charge in [-0.25, -0.2) is 0 Å². The van der Waals surface area contributed by atoms with Crippen molar-refractivity contribution in [2.75, 3.05) is 36.9 Å². The molecule has 0 amide bonds. The van der Waals surface area contributed by atoms with Crippen LogP contribution in [0.5, 0.6) is 0 Å². The van der Waals surface area contributed by atoms with Crippen LogP contribution in [-0.4, -0.2) is 53.1 Å². The van der Waals surface area contributed by atoms with Gasteiger partial charge in [-0.2, -0.15) is 23.5 Å². The van der Waals surface area contributed by atoms with Crippen LogP contribution >= 0.6 is 23.5 Å². The van der Waals surface area contributed by atoms with Gasteiger partial charge in [0.2, 0.25) is 0 Å². The minimum absolute atomic E-state index is 0.619. The molecule has 1 fully saturated rings. The van der Waals surface area contributed by atoms with E-state index in [1.807, 2.05) is 11.8 Å². The molecule has 2 atom stereocenters. The summed E-state index contributed by atoms with van der Waals surface area (Å²) in [6.45, 7) is 7.84. The number of thioether (sulfide) groups is 2. The molecular formula is C12H26N2S2. The summed E-state index contributed by atoms with van der Waals surface area (Å²) in [7, 11) is 0. The summed E-state index contributed by atoms with van der Waals surface area (Å²) in [4.78, 5) is 2.63. The Labute approximate surface area is 109 Å². The first kappa shape index (κ1) is 14.7. The smallest absolute Gasteiger partial charge is 0.0227 e. The molecule has 2 nitrogen and oxygen atoms in total. The third-order valence-electron chi connectivity index (χ3n) is 3.21. The van der Waals surface area contributed by atoms with E-state index in [2.05, 4.69) is 30.5 Å². The van der Waals surface area contributed by atoms with Crippen molar-refractivity contribution in [3.05, 3.63) is 0 Å². The van der Waals surface area contributed by atoms with E-state index in [4.69, 9.17) is 5.73 Å². The molecule has 1 rings (SSSR count). The number of hydrogen-bond donors (Lipinski definition) is 1. The van der Waals surface area contributed by atoms with Crippen LogP contribution in [0.4, 0.5) is 0 Å². The Bertz CT molecular complexity index is 178.